The third-order valence-corrected chi connectivity index (χ3v) is 3.17. The molecule has 0 aliphatic carbocycles. The van der Waals surface area contributed by atoms with Crippen molar-refractivity contribution < 1.29 is 0 Å². The normalized spacial score (nSPS) is 11.0. The molecule has 0 unspecified atom stereocenters. The van der Waals surface area contributed by atoms with Crippen molar-refractivity contribution in [2.75, 3.05) is 0 Å². The zero-order valence-corrected chi connectivity index (χ0v) is 10.2. The molecule has 1 aromatic carbocycles. The Bertz CT molecular complexity index is 783. The molecule has 0 radical (unpaired) electrons. The van der Waals surface area contributed by atoms with Crippen LogP contribution in [0.5, 0.6) is 0 Å². The number of nitrogens with one attached hydrogen (secondary N) is 2. The zero-order chi connectivity index (χ0) is 12.7. The van der Waals surface area contributed by atoms with Gasteiger partial charge in [-0.3, -0.25) is 9.89 Å². The first kappa shape index (κ1) is 10.8. The lowest BCUT2D eigenvalue weighted by Crippen LogP contribution is -2.11. The zero-order valence-electron chi connectivity index (χ0n) is 10.2. The van der Waals surface area contributed by atoms with E-state index in [1.54, 1.807) is 6.20 Å². The Labute approximate surface area is 104 Å². The minimum absolute atomic E-state index is 0.0303. The van der Waals surface area contributed by atoms with Crippen molar-refractivity contribution in [2.24, 2.45) is 0 Å². The van der Waals surface area contributed by atoms with Gasteiger partial charge in [-0.2, -0.15) is 5.10 Å². The molecule has 2 aromatic heterocycles. The number of pyridine rings is 1. The SMILES string of the molecule is Cc1cc(-c2ccc3[nH]ncc3c2)c(C)c(=O)[nH]1. The molecule has 0 fully saturated rings. The fourth-order valence-electron chi connectivity index (χ4n) is 2.17. The second-order valence-electron chi connectivity index (χ2n) is 4.49. The summed E-state index contributed by atoms with van der Waals surface area (Å²) in [4.78, 5) is 14.6. The van der Waals surface area contributed by atoms with Gasteiger partial charge in [0.2, 0.25) is 0 Å². The molecule has 18 heavy (non-hydrogen) atoms. The van der Waals surface area contributed by atoms with Crippen molar-refractivity contribution in [1.82, 2.24) is 15.2 Å². The van der Waals surface area contributed by atoms with Crippen molar-refractivity contribution in [3.8, 4) is 11.1 Å². The predicted octanol–water partition coefficient (Wildman–Crippen LogP) is 2.54. The summed E-state index contributed by atoms with van der Waals surface area (Å²) >= 11 is 0. The molecule has 0 atom stereocenters. The van der Waals surface area contributed by atoms with Crippen molar-refractivity contribution in [3.05, 3.63) is 52.1 Å². The largest absolute Gasteiger partial charge is 0.326 e. The van der Waals surface area contributed by atoms with Crippen LogP contribution in [-0.2, 0) is 0 Å². The number of benzene rings is 1. The van der Waals surface area contributed by atoms with E-state index < -0.39 is 0 Å². The van der Waals surface area contributed by atoms with Gasteiger partial charge in [-0.05, 0) is 43.2 Å². The standard InChI is InChI=1S/C14H13N3O/c1-8-5-12(9(2)14(18)16-8)10-3-4-13-11(6-10)7-15-17-13/h3-7H,1-2H3,(H,15,17)(H,16,18). The van der Waals surface area contributed by atoms with Crippen molar-refractivity contribution in [3.63, 3.8) is 0 Å². The molecule has 0 saturated carbocycles. The van der Waals surface area contributed by atoms with Crippen LogP contribution in [-0.4, -0.2) is 15.2 Å². The van der Waals surface area contributed by atoms with E-state index in [0.717, 1.165) is 33.3 Å². The van der Waals surface area contributed by atoms with Crippen LogP contribution in [0.4, 0.5) is 0 Å². The molecule has 2 heterocycles. The van der Waals surface area contributed by atoms with Crippen LogP contribution in [0.25, 0.3) is 22.0 Å². The van der Waals surface area contributed by atoms with Crippen LogP contribution in [0, 0.1) is 13.8 Å². The van der Waals surface area contributed by atoms with Crippen molar-refractivity contribution in [1.29, 1.82) is 0 Å². The summed E-state index contributed by atoms with van der Waals surface area (Å²) in [5, 5.41) is 7.96. The van der Waals surface area contributed by atoms with Crippen molar-refractivity contribution in [2.45, 2.75) is 13.8 Å². The molecule has 0 aliphatic rings. The van der Waals surface area contributed by atoms with Gasteiger partial charge >= 0.3 is 0 Å². The van der Waals surface area contributed by atoms with E-state index in [0.29, 0.717) is 0 Å². The molecule has 0 spiro atoms. The Hall–Kier alpha value is -2.36. The smallest absolute Gasteiger partial charge is 0.251 e. The Balaban J connectivity index is 2.28. The van der Waals surface area contributed by atoms with Gasteiger partial charge in [0.1, 0.15) is 0 Å². The van der Waals surface area contributed by atoms with Gasteiger partial charge < -0.3 is 4.98 Å². The lowest BCUT2D eigenvalue weighted by Gasteiger charge is -2.06. The lowest BCUT2D eigenvalue weighted by atomic mass is 10.0. The summed E-state index contributed by atoms with van der Waals surface area (Å²) in [6.07, 6.45) is 1.79. The number of hydrogen-bond donors (Lipinski definition) is 2. The molecule has 0 amide bonds. The number of H-pyrrole nitrogens is 2. The Morgan fingerprint density at radius 2 is 2.00 bits per heavy atom. The van der Waals surface area contributed by atoms with E-state index in [4.69, 9.17) is 0 Å². The Kier molecular flexibility index (Phi) is 2.30. The highest BCUT2D eigenvalue weighted by Crippen LogP contribution is 2.25. The van der Waals surface area contributed by atoms with E-state index in [-0.39, 0.29) is 5.56 Å². The summed E-state index contributed by atoms with van der Waals surface area (Å²) < 4.78 is 0. The molecule has 90 valence electrons. The van der Waals surface area contributed by atoms with Crippen LogP contribution in [0.15, 0.2) is 35.3 Å². The number of aromatic amines is 2. The topological polar surface area (TPSA) is 61.5 Å². The first-order valence-corrected chi connectivity index (χ1v) is 5.79. The number of rotatable bonds is 1. The number of hydrogen-bond acceptors (Lipinski definition) is 2. The average molecular weight is 239 g/mol. The number of fused-ring (bicyclic) bond motifs is 1. The fourth-order valence-corrected chi connectivity index (χ4v) is 2.17. The maximum Gasteiger partial charge on any atom is 0.251 e. The second-order valence-corrected chi connectivity index (χ2v) is 4.49. The molecule has 3 aromatic rings. The maximum absolute atomic E-state index is 11.8. The lowest BCUT2D eigenvalue weighted by molar-refractivity contribution is 1.11. The molecule has 2 N–H and O–H groups in total. The minimum Gasteiger partial charge on any atom is -0.326 e. The quantitative estimate of drug-likeness (QED) is 0.685. The third-order valence-electron chi connectivity index (χ3n) is 3.17. The monoisotopic (exact) mass is 239 g/mol. The van der Waals surface area contributed by atoms with Gasteiger partial charge in [-0.15, -0.1) is 0 Å². The Morgan fingerprint density at radius 1 is 1.17 bits per heavy atom. The summed E-state index contributed by atoms with van der Waals surface area (Å²) in [7, 11) is 0. The summed E-state index contributed by atoms with van der Waals surface area (Å²) in [6.45, 7) is 3.73. The highest BCUT2D eigenvalue weighted by molar-refractivity contribution is 5.84. The van der Waals surface area contributed by atoms with Crippen LogP contribution in [0.2, 0.25) is 0 Å². The van der Waals surface area contributed by atoms with Crippen LogP contribution >= 0.6 is 0 Å². The van der Waals surface area contributed by atoms with E-state index >= 15 is 0 Å². The molecule has 0 aliphatic heterocycles. The fraction of sp³-hybridized carbons (Fsp3) is 0.143. The van der Waals surface area contributed by atoms with Crippen molar-refractivity contribution >= 4 is 10.9 Å². The van der Waals surface area contributed by atoms with Gasteiger partial charge in [-0.25, -0.2) is 0 Å². The molecule has 0 bridgehead atoms. The highest BCUT2D eigenvalue weighted by Gasteiger charge is 2.07. The van der Waals surface area contributed by atoms with E-state index in [1.165, 1.54) is 0 Å². The molecule has 4 nitrogen and oxygen atoms in total. The average Bonchev–Trinajstić information content (AvgIpc) is 2.80. The number of aromatic nitrogens is 3. The van der Waals surface area contributed by atoms with E-state index in [9.17, 15) is 4.79 Å². The molecular formula is C14H13N3O. The van der Waals surface area contributed by atoms with Gasteiger partial charge in [-0.1, -0.05) is 6.07 Å². The van der Waals surface area contributed by atoms with Gasteiger partial charge in [0.05, 0.1) is 11.7 Å². The summed E-state index contributed by atoms with van der Waals surface area (Å²) in [5.74, 6) is 0. The molecular weight excluding hydrogens is 226 g/mol. The van der Waals surface area contributed by atoms with Gasteiger partial charge in [0.15, 0.2) is 0 Å². The molecule has 0 saturated heterocycles. The number of nitrogens with zero attached hydrogens (tertiary/aromatic N) is 1. The van der Waals surface area contributed by atoms with Crippen LogP contribution in [0.1, 0.15) is 11.3 Å². The third kappa shape index (κ3) is 1.62. The summed E-state index contributed by atoms with van der Waals surface area (Å²) in [6, 6.07) is 8.02. The van der Waals surface area contributed by atoms with Gasteiger partial charge in [0.25, 0.3) is 5.56 Å². The molecule has 3 rings (SSSR count). The molecule has 4 heteroatoms. The maximum atomic E-state index is 11.8. The minimum atomic E-state index is -0.0303. The van der Waals surface area contributed by atoms with E-state index in [1.807, 2.05) is 38.1 Å². The Morgan fingerprint density at radius 3 is 2.83 bits per heavy atom. The van der Waals surface area contributed by atoms with Crippen LogP contribution in [0.3, 0.4) is 0 Å². The predicted molar refractivity (Wildman–Crippen MR) is 71.6 cm³/mol. The first-order chi connectivity index (χ1) is 8.65. The number of aryl methyl sites for hydroxylation is 1. The van der Waals surface area contributed by atoms with Gasteiger partial charge in [0, 0.05) is 16.6 Å². The first-order valence-electron chi connectivity index (χ1n) is 5.79. The highest BCUT2D eigenvalue weighted by atomic mass is 16.1. The van der Waals surface area contributed by atoms with E-state index in [2.05, 4.69) is 15.2 Å². The summed E-state index contributed by atoms with van der Waals surface area (Å²) in [5.41, 5.74) is 4.58. The second kappa shape index (κ2) is 3.84. The van der Waals surface area contributed by atoms with Crippen LogP contribution < -0.4 is 5.56 Å².